The molecular weight excluding hydrogens is 230 g/mol. The summed E-state index contributed by atoms with van der Waals surface area (Å²) in [6.45, 7) is 7.53. The normalized spacial score (nSPS) is 23.8. The molecule has 4 heteroatoms. The monoisotopic (exact) mass is 259 g/mol. The third kappa shape index (κ3) is 6.14. The highest BCUT2D eigenvalue weighted by molar-refractivity contribution is 4.81. The summed E-state index contributed by atoms with van der Waals surface area (Å²) in [6.07, 6.45) is 5.79. The van der Waals surface area contributed by atoms with Crippen molar-refractivity contribution in [3.05, 3.63) is 0 Å². The number of nitrogens with one attached hydrogen (secondary N) is 1. The Morgan fingerprint density at radius 1 is 1.44 bits per heavy atom. The quantitative estimate of drug-likeness (QED) is 0.619. The first-order chi connectivity index (χ1) is 8.70. The van der Waals surface area contributed by atoms with Crippen molar-refractivity contribution in [3.63, 3.8) is 0 Å². The van der Waals surface area contributed by atoms with Crippen LogP contribution >= 0.6 is 0 Å². The van der Waals surface area contributed by atoms with Crippen LogP contribution in [0, 0.1) is 0 Å². The molecule has 4 nitrogen and oxygen atoms in total. The highest BCUT2D eigenvalue weighted by Crippen LogP contribution is 2.14. The van der Waals surface area contributed by atoms with Crippen molar-refractivity contribution >= 4 is 0 Å². The van der Waals surface area contributed by atoms with E-state index in [1.165, 1.54) is 12.8 Å². The van der Waals surface area contributed by atoms with Crippen molar-refractivity contribution < 1.29 is 14.6 Å². The number of rotatable bonds is 9. The van der Waals surface area contributed by atoms with Crippen LogP contribution in [0.2, 0.25) is 0 Å². The molecule has 2 unspecified atom stereocenters. The Bertz CT molecular complexity index is 207. The highest BCUT2D eigenvalue weighted by atomic mass is 16.5. The Morgan fingerprint density at radius 3 is 2.89 bits per heavy atom. The van der Waals surface area contributed by atoms with Crippen LogP contribution in [-0.2, 0) is 9.47 Å². The van der Waals surface area contributed by atoms with Gasteiger partial charge < -0.3 is 19.9 Å². The molecule has 0 radical (unpaired) electrons. The fourth-order valence-electron chi connectivity index (χ4n) is 2.37. The molecule has 0 amide bonds. The third-order valence-electron chi connectivity index (χ3n) is 3.55. The van der Waals surface area contributed by atoms with E-state index < -0.39 is 0 Å². The van der Waals surface area contributed by atoms with Crippen molar-refractivity contribution in [3.8, 4) is 0 Å². The van der Waals surface area contributed by atoms with E-state index in [0.29, 0.717) is 6.10 Å². The zero-order valence-electron chi connectivity index (χ0n) is 11.9. The Labute approximate surface area is 111 Å². The predicted octanol–water partition coefficient (Wildman–Crippen LogP) is 1.71. The largest absolute Gasteiger partial charge is 0.394 e. The molecule has 1 saturated heterocycles. The van der Waals surface area contributed by atoms with Crippen LogP contribution < -0.4 is 5.32 Å². The van der Waals surface area contributed by atoms with Crippen molar-refractivity contribution in [1.29, 1.82) is 0 Å². The van der Waals surface area contributed by atoms with Gasteiger partial charge in [-0.05, 0) is 45.6 Å². The summed E-state index contributed by atoms with van der Waals surface area (Å²) < 4.78 is 11.3. The molecule has 2 atom stereocenters. The van der Waals surface area contributed by atoms with Gasteiger partial charge in [-0.15, -0.1) is 0 Å². The van der Waals surface area contributed by atoms with Crippen molar-refractivity contribution in [2.24, 2.45) is 0 Å². The molecule has 0 bridgehead atoms. The second-order valence-electron chi connectivity index (χ2n) is 5.42. The average molecular weight is 259 g/mol. The molecule has 1 aliphatic heterocycles. The number of aliphatic hydroxyl groups is 1. The summed E-state index contributed by atoms with van der Waals surface area (Å²) >= 11 is 0. The standard InChI is InChI=1S/C14H29NO3/c1-3-15-14(2,12-16)8-6-9-17-11-13-7-4-5-10-18-13/h13,15-16H,3-12H2,1-2H3. The molecule has 1 heterocycles. The van der Waals surface area contributed by atoms with Crippen LogP contribution in [0.15, 0.2) is 0 Å². The number of hydrogen-bond donors (Lipinski definition) is 2. The molecule has 0 aliphatic carbocycles. The summed E-state index contributed by atoms with van der Waals surface area (Å²) in [7, 11) is 0. The molecule has 0 spiro atoms. The van der Waals surface area contributed by atoms with Crippen LogP contribution in [0.4, 0.5) is 0 Å². The van der Waals surface area contributed by atoms with Gasteiger partial charge in [0.05, 0.1) is 19.3 Å². The van der Waals surface area contributed by atoms with E-state index in [1.54, 1.807) is 0 Å². The van der Waals surface area contributed by atoms with E-state index in [0.717, 1.165) is 45.6 Å². The van der Waals surface area contributed by atoms with E-state index in [1.807, 2.05) is 0 Å². The molecule has 0 aromatic rings. The van der Waals surface area contributed by atoms with Crippen LogP contribution in [0.5, 0.6) is 0 Å². The lowest BCUT2D eigenvalue weighted by Gasteiger charge is -2.28. The van der Waals surface area contributed by atoms with Gasteiger partial charge in [-0.25, -0.2) is 0 Å². The van der Waals surface area contributed by atoms with Crippen LogP contribution in [-0.4, -0.2) is 49.7 Å². The summed E-state index contributed by atoms with van der Waals surface area (Å²) in [4.78, 5) is 0. The first kappa shape index (κ1) is 15.9. The van der Waals surface area contributed by atoms with E-state index in [-0.39, 0.29) is 12.1 Å². The first-order valence-electron chi connectivity index (χ1n) is 7.25. The minimum Gasteiger partial charge on any atom is -0.394 e. The Morgan fingerprint density at radius 2 is 2.28 bits per heavy atom. The minimum atomic E-state index is -0.167. The summed E-state index contributed by atoms with van der Waals surface area (Å²) in [5.74, 6) is 0. The van der Waals surface area contributed by atoms with E-state index in [9.17, 15) is 5.11 Å². The molecular formula is C14H29NO3. The molecule has 0 aromatic carbocycles. The van der Waals surface area contributed by atoms with Crippen LogP contribution in [0.3, 0.4) is 0 Å². The third-order valence-corrected chi connectivity index (χ3v) is 3.55. The summed E-state index contributed by atoms with van der Waals surface area (Å²) in [5, 5.41) is 12.7. The number of likely N-dealkylation sites (N-methyl/N-ethyl adjacent to an activating group) is 1. The molecule has 1 rings (SSSR count). The van der Waals surface area contributed by atoms with Gasteiger partial charge in [-0.3, -0.25) is 0 Å². The fraction of sp³-hybridized carbons (Fsp3) is 1.00. The fourth-order valence-corrected chi connectivity index (χ4v) is 2.37. The lowest BCUT2D eigenvalue weighted by molar-refractivity contribution is -0.0419. The molecule has 108 valence electrons. The highest BCUT2D eigenvalue weighted by Gasteiger charge is 2.21. The maximum absolute atomic E-state index is 9.35. The van der Waals surface area contributed by atoms with Gasteiger partial charge in [0.2, 0.25) is 0 Å². The molecule has 2 N–H and O–H groups in total. The zero-order chi connectivity index (χ0) is 13.3. The van der Waals surface area contributed by atoms with Gasteiger partial charge in [0.15, 0.2) is 0 Å². The topological polar surface area (TPSA) is 50.7 Å². The van der Waals surface area contributed by atoms with E-state index in [4.69, 9.17) is 9.47 Å². The molecule has 18 heavy (non-hydrogen) atoms. The lowest BCUT2D eigenvalue weighted by Crippen LogP contribution is -2.45. The molecule has 1 aliphatic rings. The summed E-state index contributed by atoms with van der Waals surface area (Å²) in [5.41, 5.74) is -0.167. The Balaban J connectivity index is 2.03. The van der Waals surface area contributed by atoms with Crippen LogP contribution in [0.25, 0.3) is 0 Å². The smallest absolute Gasteiger partial charge is 0.0808 e. The maximum atomic E-state index is 9.35. The van der Waals surface area contributed by atoms with Crippen molar-refractivity contribution in [1.82, 2.24) is 5.32 Å². The van der Waals surface area contributed by atoms with Crippen molar-refractivity contribution in [2.75, 3.05) is 33.0 Å². The SMILES string of the molecule is CCNC(C)(CO)CCCOCC1CCCCO1. The number of aliphatic hydroxyl groups excluding tert-OH is 1. The predicted molar refractivity (Wildman–Crippen MR) is 72.8 cm³/mol. The minimum absolute atomic E-state index is 0.167. The second kappa shape index (κ2) is 8.86. The van der Waals surface area contributed by atoms with Gasteiger partial charge in [0.1, 0.15) is 0 Å². The molecule has 0 aromatic heterocycles. The van der Waals surface area contributed by atoms with Gasteiger partial charge in [-0.1, -0.05) is 6.92 Å². The van der Waals surface area contributed by atoms with Gasteiger partial charge in [-0.2, -0.15) is 0 Å². The maximum Gasteiger partial charge on any atom is 0.0808 e. The van der Waals surface area contributed by atoms with E-state index >= 15 is 0 Å². The van der Waals surface area contributed by atoms with Gasteiger partial charge in [0, 0.05) is 18.8 Å². The number of hydrogen-bond acceptors (Lipinski definition) is 4. The summed E-state index contributed by atoms with van der Waals surface area (Å²) in [6, 6.07) is 0. The Hall–Kier alpha value is -0.160. The van der Waals surface area contributed by atoms with Gasteiger partial charge >= 0.3 is 0 Å². The first-order valence-corrected chi connectivity index (χ1v) is 7.25. The van der Waals surface area contributed by atoms with Gasteiger partial charge in [0.25, 0.3) is 0 Å². The lowest BCUT2D eigenvalue weighted by atomic mass is 9.97. The Kier molecular flexibility index (Phi) is 7.82. The van der Waals surface area contributed by atoms with Crippen molar-refractivity contribution in [2.45, 2.75) is 57.6 Å². The molecule has 0 saturated carbocycles. The van der Waals surface area contributed by atoms with E-state index in [2.05, 4.69) is 19.2 Å². The number of ether oxygens (including phenoxy) is 2. The molecule has 1 fully saturated rings. The van der Waals surface area contributed by atoms with Crippen LogP contribution in [0.1, 0.15) is 46.0 Å². The average Bonchev–Trinajstić information content (AvgIpc) is 2.40. The second-order valence-corrected chi connectivity index (χ2v) is 5.42. The zero-order valence-corrected chi connectivity index (χ0v) is 11.9.